The molecular weight excluding hydrogens is 368 g/mol. The van der Waals surface area contributed by atoms with Gasteiger partial charge in [0.15, 0.2) is 0 Å². The van der Waals surface area contributed by atoms with Gasteiger partial charge in [-0.1, -0.05) is 0 Å². The molecule has 3 aromatic heterocycles. The standard InChI is InChI=1S/C21H24N6O2/c1-16-12-21(29)26(15-23-16)11-10-25-9-3-5-18(25)14-27-20(28)7-6-19(24-27)17-4-2-8-22-13-17/h2,4,6-8,12-13,15,18H,3,5,9-11,14H2,1H3. The third kappa shape index (κ3) is 4.48. The second-order valence-corrected chi connectivity index (χ2v) is 7.37. The Morgan fingerprint density at radius 1 is 1.14 bits per heavy atom. The normalized spacial score (nSPS) is 16.9. The Morgan fingerprint density at radius 2 is 2.03 bits per heavy atom. The van der Waals surface area contributed by atoms with Crippen molar-refractivity contribution >= 4 is 0 Å². The lowest BCUT2D eigenvalue weighted by Crippen LogP contribution is -2.39. The number of likely N-dealkylation sites (tertiary alicyclic amines) is 1. The average Bonchev–Trinajstić information content (AvgIpc) is 3.17. The quantitative estimate of drug-likeness (QED) is 0.629. The number of rotatable bonds is 6. The van der Waals surface area contributed by atoms with E-state index in [1.165, 1.54) is 0 Å². The van der Waals surface area contributed by atoms with Crippen molar-refractivity contribution in [2.45, 2.75) is 38.9 Å². The molecule has 1 aliphatic rings. The van der Waals surface area contributed by atoms with Crippen molar-refractivity contribution in [3.8, 4) is 11.3 Å². The van der Waals surface area contributed by atoms with Gasteiger partial charge in [0.1, 0.15) is 0 Å². The lowest BCUT2D eigenvalue weighted by atomic mass is 10.2. The first-order valence-electron chi connectivity index (χ1n) is 9.86. The number of nitrogens with zero attached hydrogens (tertiary/aromatic N) is 6. The first kappa shape index (κ1) is 19.2. The van der Waals surface area contributed by atoms with Crippen LogP contribution in [0.4, 0.5) is 0 Å². The van der Waals surface area contributed by atoms with E-state index in [1.807, 2.05) is 19.1 Å². The van der Waals surface area contributed by atoms with Gasteiger partial charge < -0.3 is 0 Å². The highest BCUT2D eigenvalue weighted by molar-refractivity contribution is 5.56. The summed E-state index contributed by atoms with van der Waals surface area (Å²) in [6, 6.07) is 8.85. The molecule has 4 rings (SSSR count). The van der Waals surface area contributed by atoms with Crippen molar-refractivity contribution in [2.75, 3.05) is 13.1 Å². The molecule has 29 heavy (non-hydrogen) atoms. The van der Waals surface area contributed by atoms with Gasteiger partial charge in [0.2, 0.25) is 0 Å². The molecule has 0 radical (unpaired) electrons. The number of pyridine rings is 1. The average molecular weight is 392 g/mol. The fraction of sp³-hybridized carbons (Fsp3) is 0.381. The number of hydrogen-bond donors (Lipinski definition) is 0. The van der Waals surface area contributed by atoms with E-state index >= 15 is 0 Å². The van der Waals surface area contributed by atoms with E-state index in [1.54, 1.807) is 46.2 Å². The van der Waals surface area contributed by atoms with Crippen molar-refractivity contribution < 1.29 is 0 Å². The van der Waals surface area contributed by atoms with Crippen LogP contribution in [-0.4, -0.2) is 48.3 Å². The summed E-state index contributed by atoms with van der Waals surface area (Å²) in [5, 5.41) is 4.55. The summed E-state index contributed by atoms with van der Waals surface area (Å²) in [4.78, 5) is 35.1. The summed E-state index contributed by atoms with van der Waals surface area (Å²) >= 11 is 0. The van der Waals surface area contributed by atoms with E-state index in [9.17, 15) is 9.59 Å². The lowest BCUT2D eigenvalue weighted by Gasteiger charge is -2.25. The molecule has 0 spiro atoms. The molecule has 8 heteroatoms. The molecule has 1 saturated heterocycles. The first-order chi connectivity index (χ1) is 14.1. The zero-order valence-corrected chi connectivity index (χ0v) is 16.4. The Labute approximate surface area is 168 Å². The molecule has 0 bridgehead atoms. The predicted molar refractivity (Wildman–Crippen MR) is 110 cm³/mol. The fourth-order valence-corrected chi connectivity index (χ4v) is 3.76. The van der Waals surface area contributed by atoms with Crippen molar-refractivity contribution in [1.82, 2.24) is 29.2 Å². The van der Waals surface area contributed by atoms with Crippen molar-refractivity contribution in [2.24, 2.45) is 0 Å². The Balaban J connectivity index is 1.47. The maximum absolute atomic E-state index is 12.4. The summed E-state index contributed by atoms with van der Waals surface area (Å²) in [6.45, 7) is 4.63. The van der Waals surface area contributed by atoms with Crippen molar-refractivity contribution in [3.63, 3.8) is 0 Å². The van der Waals surface area contributed by atoms with Crippen LogP contribution in [0.1, 0.15) is 18.5 Å². The van der Waals surface area contributed by atoms with Gasteiger partial charge in [-0.25, -0.2) is 9.67 Å². The van der Waals surface area contributed by atoms with E-state index in [4.69, 9.17) is 0 Å². The maximum Gasteiger partial charge on any atom is 0.266 e. The lowest BCUT2D eigenvalue weighted by molar-refractivity contribution is 0.216. The second kappa shape index (κ2) is 8.48. The highest BCUT2D eigenvalue weighted by Gasteiger charge is 2.25. The van der Waals surface area contributed by atoms with E-state index < -0.39 is 0 Å². The minimum atomic E-state index is -0.108. The van der Waals surface area contributed by atoms with Crippen molar-refractivity contribution in [1.29, 1.82) is 0 Å². The largest absolute Gasteiger partial charge is 0.298 e. The summed E-state index contributed by atoms with van der Waals surface area (Å²) in [7, 11) is 0. The smallest absolute Gasteiger partial charge is 0.266 e. The fourth-order valence-electron chi connectivity index (χ4n) is 3.76. The van der Waals surface area contributed by atoms with Crippen LogP contribution in [0, 0.1) is 6.92 Å². The zero-order valence-electron chi connectivity index (χ0n) is 16.4. The highest BCUT2D eigenvalue weighted by Crippen LogP contribution is 2.19. The predicted octanol–water partition coefficient (Wildman–Crippen LogP) is 1.34. The highest BCUT2D eigenvalue weighted by atomic mass is 16.1. The molecule has 150 valence electrons. The topological polar surface area (TPSA) is 85.9 Å². The number of aromatic nitrogens is 5. The maximum atomic E-state index is 12.4. The minimum Gasteiger partial charge on any atom is -0.298 e. The summed E-state index contributed by atoms with van der Waals surface area (Å²) in [6.07, 6.45) is 7.14. The number of aryl methyl sites for hydroxylation is 1. The molecule has 0 saturated carbocycles. The van der Waals surface area contributed by atoms with E-state index in [2.05, 4.69) is 20.0 Å². The van der Waals surface area contributed by atoms with Gasteiger partial charge >= 0.3 is 0 Å². The van der Waals surface area contributed by atoms with Gasteiger partial charge in [-0.15, -0.1) is 0 Å². The van der Waals surface area contributed by atoms with Crippen LogP contribution in [0.2, 0.25) is 0 Å². The summed E-state index contributed by atoms with van der Waals surface area (Å²) in [5.41, 5.74) is 2.21. The summed E-state index contributed by atoms with van der Waals surface area (Å²) < 4.78 is 3.18. The van der Waals surface area contributed by atoms with Gasteiger partial charge in [0.05, 0.1) is 18.6 Å². The molecule has 8 nitrogen and oxygen atoms in total. The van der Waals surface area contributed by atoms with Gasteiger partial charge in [0, 0.05) is 54.9 Å². The molecule has 3 aromatic rings. The molecule has 0 aliphatic carbocycles. The molecule has 1 unspecified atom stereocenters. The van der Waals surface area contributed by atoms with Crippen LogP contribution in [0.3, 0.4) is 0 Å². The molecule has 0 N–H and O–H groups in total. The SMILES string of the molecule is Cc1cc(=O)n(CCN2CCCC2Cn2nc(-c3cccnc3)ccc2=O)cn1. The zero-order chi connectivity index (χ0) is 20.2. The molecule has 0 amide bonds. The third-order valence-corrected chi connectivity index (χ3v) is 5.35. The monoisotopic (exact) mass is 392 g/mol. The Bertz CT molecular complexity index is 1090. The Morgan fingerprint density at radius 3 is 2.83 bits per heavy atom. The van der Waals surface area contributed by atoms with Crippen LogP contribution < -0.4 is 11.1 Å². The van der Waals surface area contributed by atoms with Gasteiger partial charge in [0.25, 0.3) is 11.1 Å². The van der Waals surface area contributed by atoms with E-state index in [0.717, 1.165) is 42.9 Å². The van der Waals surface area contributed by atoms with Crippen molar-refractivity contribution in [3.05, 3.63) is 75.5 Å². The molecule has 4 heterocycles. The summed E-state index contributed by atoms with van der Waals surface area (Å²) in [5.74, 6) is 0. The Hall–Kier alpha value is -3.13. The van der Waals surface area contributed by atoms with Crippen LogP contribution in [0.25, 0.3) is 11.3 Å². The van der Waals surface area contributed by atoms with Gasteiger partial charge in [-0.2, -0.15) is 5.10 Å². The third-order valence-electron chi connectivity index (χ3n) is 5.35. The van der Waals surface area contributed by atoms with Crippen LogP contribution >= 0.6 is 0 Å². The molecular formula is C21H24N6O2. The Kier molecular flexibility index (Phi) is 5.62. The van der Waals surface area contributed by atoms with Gasteiger partial charge in [-0.3, -0.25) is 24.0 Å². The first-order valence-corrected chi connectivity index (χ1v) is 9.86. The van der Waals surface area contributed by atoms with Crippen LogP contribution in [0.5, 0.6) is 0 Å². The van der Waals surface area contributed by atoms with Crippen LogP contribution in [-0.2, 0) is 13.1 Å². The molecule has 1 aliphatic heterocycles. The van der Waals surface area contributed by atoms with E-state index in [-0.39, 0.29) is 17.2 Å². The van der Waals surface area contributed by atoms with Crippen LogP contribution in [0.15, 0.2) is 58.6 Å². The molecule has 0 aromatic carbocycles. The minimum absolute atomic E-state index is 0.0321. The number of hydrogen-bond acceptors (Lipinski definition) is 6. The molecule has 1 fully saturated rings. The van der Waals surface area contributed by atoms with Gasteiger partial charge in [-0.05, 0) is 44.5 Å². The molecule has 1 atom stereocenters. The van der Waals surface area contributed by atoms with E-state index in [0.29, 0.717) is 13.1 Å². The second-order valence-electron chi connectivity index (χ2n) is 7.37.